The summed E-state index contributed by atoms with van der Waals surface area (Å²) >= 11 is 0. The molecule has 0 radical (unpaired) electrons. The van der Waals surface area contributed by atoms with Crippen molar-refractivity contribution in [2.75, 3.05) is 11.9 Å². The van der Waals surface area contributed by atoms with Crippen LogP contribution >= 0.6 is 0 Å². The number of aryl methyl sites for hydroxylation is 1. The fraction of sp³-hybridized carbons (Fsp3) is 0.318. The molecule has 2 N–H and O–H groups in total. The van der Waals surface area contributed by atoms with Crippen molar-refractivity contribution in [2.24, 2.45) is 5.10 Å². The van der Waals surface area contributed by atoms with Gasteiger partial charge in [0.05, 0.1) is 6.42 Å². The van der Waals surface area contributed by atoms with E-state index in [1.165, 1.54) is 0 Å². The van der Waals surface area contributed by atoms with Crippen molar-refractivity contribution < 1.29 is 14.3 Å². The number of ether oxygens (including phenoxy) is 1. The molecule has 0 saturated carbocycles. The van der Waals surface area contributed by atoms with E-state index in [2.05, 4.69) is 35.8 Å². The van der Waals surface area contributed by atoms with Gasteiger partial charge in [-0.1, -0.05) is 44.2 Å². The number of carbonyl (C=O) groups excluding carboxylic acids is 2. The van der Waals surface area contributed by atoms with Gasteiger partial charge < -0.3 is 10.1 Å². The number of para-hydroxylation sites is 1. The maximum Gasteiger partial charge on any atom is 0.277 e. The van der Waals surface area contributed by atoms with Crippen LogP contribution in [0.5, 0.6) is 5.75 Å². The second-order valence-electron chi connectivity index (χ2n) is 6.94. The quantitative estimate of drug-likeness (QED) is 0.535. The number of hydrogen-bond acceptors (Lipinski definition) is 4. The number of anilines is 1. The van der Waals surface area contributed by atoms with Gasteiger partial charge in [-0.15, -0.1) is 0 Å². The summed E-state index contributed by atoms with van der Waals surface area (Å²) < 4.78 is 5.62. The number of carbonyl (C=O) groups is 2. The van der Waals surface area contributed by atoms with Crippen LogP contribution in [0.25, 0.3) is 0 Å². The third-order valence-corrected chi connectivity index (χ3v) is 4.08. The number of benzene rings is 2. The van der Waals surface area contributed by atoms with Crippen LogP contribution in [0, 0.1) is 6.92 Å². The lowest BCUT2D eigenvalue weighted by molar-refractivity contribution is -0.123. The lowest BCUT2D eigenvalue weighted by Gasteiger charge is -2.12. The molecule has 148 valence electrons. The Kier molecular flexibility index (Phi) is 7.75. The molecule has 0 bridgehead atoms. The molecule has 0 fully saturated rings. The van der Waals surface area contributed by atoms with E-state index in [1.54, 1.807) is 19.1 Å². The van der Waals surface area contributed by atoms with Gasteiger partial charge in [-0.3, -0.25) is 9.59 Å². The van der Waals surface area contributed by atoms with Crippen LogP contribution in [-0.2, 0) is 9.59 Å². The number of hydrogen-bond donors (Lipinski definition) is 2. The van der Waals surface area contributed by atoms with Crippen LogP contribution in [0.3, 0.4) is 0 Å². The largest absolute Gasteiger partial charge is 0.483 e. The maximum absolute atomic E-state index is 12.0. The van der Waals surface area contributed by atoms with Crippen LogP contribution < -0.4 is 15.5 Å². The number of nitrogens with zero attached hydrogens (tertiary/aromatic N) is 1. The molecule has 0 aromatic heterocycles. The van der Waals surface area contributed by atoms with Gasteiger partial charge in [0.15, 0.2) is 6.61 Å². The highest BCUT2D eigenvalue weighted by Gasteiger charge is 2.08. The highest BCUT2D eigenvalue weighted by Crippen LogP contribution is 2.24. The van der Waals surface area contributed by atoms with Gasteiger partial charge in [-0.2, -0.15) is 5.10 Å². The Bertz CT molecular complexity index is 845. The van der Waals surface area contributed by atoms with Crippen molar-refractivity contribution >= 4 is 23.2 Å². The summed E-state index contributed by atoms with van der Waals surface area (Å²) in [4.78, 5) is 24.0. The maximum atomic E-state index is 12.0. The molecular formula is C22H27N3O3. The Morgan fingerprint density at radius 1 is 1.07 bits per heavy atom. The summed E-state index contributed by atoms with van der Waals surface area (Å²) in [5, 5.41) is 6.73. The predicted molar refractivity (Wildman–Crippen MR) is 112 cm³/mol. The molecule has 2 aromatic rings. The van der Waals surface area contributed by atoms with Crippen molar-refractivity contribution in [3.05, 3.63) is 59.7 Å². The Morgan fingerprint density at radius 3 is 2.46 bits per heavy atom. The van der Waals surface area contributed by atoms with Crippen molar-refractivity contribution in [2.45, 2.75) is 40.0 Å². The first kappa shape index (κ1) is 21.2. The molecule has 6 heteroatoms. The molecule has 0 heterocycles. The monoisotopic (exact) mass is 381 g/mol. The van der Waals surface area contributed by atoms with Crippen LogP contribution in [0.2, 0.25) is 0 Å². The van der Waals surface area contributed by atoms with E-state index in [9.17, 15) is 9.59 Å². The molecule has 28 heavy (non-hydrogen) atoms. The minimum absolute atomic E-state index is 0.0889. The highest BCUT2D eigenvalue weighted by atomic mass is 16.5. The van der Waals surface area contributed by atoms with Gasteiger partial charge in [0, 0.05) is 11.4 Å². The van der Waals surface area contributed by atoms with E-state index >= 15 is 0 Å². The van der Waals surface area contributed by atoms with Gasteiger partial charge in [0.2, 0.25) is 5.91 Å². The molecule has 0 atom stereocenters. The summed E-state index contributed by atoms with van der Waals surface area (Å²) in [5.41, 5.74) is 5.76. The lowest BCUT2D eigenvalue weighted by Crippen LogP contribution is -2.26. The smallest absolute Gasteiger partial charge is 0.277 e. The summed E-state index contributed by atoms with van der Waals surface area (Å²) in [5.74, 6) is 0.492. The lowest BCUT2D eigenvalue weighted by atomic mass is 10.0. The van der Waals surface area contributed by atoms with Crippen molar-refractivity contribution in [1.82, 2.24) is 5.43 Å². The molecule has 0 saturated heterocycles. The molecular weight excluding hydrogens is 354 g/mol. The number of hydrazone groups is 1. The molecule has 0 aliphatic carbocycles. The summed E-state index contributed by atoms with van der Waals surface area (Å²) in [7, 11) is 0. The van der Waals surface area contributed by atoms with Gasteiger partial charge in [-0.25, -0.2) is 5.43 Å². The third-order valence-electron chi connectivity index (χ3n) is 4.08. The minimum atomic E-state index is -0.378. The zero-order valence-electron chi connectivity index (χ0n) is 16.8. The third kappa shape index (κ3) is 6.87. The highest BCUT2D eigenvalue weighted by molar-refractivity contribution is 6.05. The van der Waals surface area contributed by atoms with E-state index in [1.807, 2.05) is 37.3 Å². The van der Waals surface area contributed by atoms with Gasteiger partial charge in [0.25, 0.3) is 5.91 Å². The zero-order chi connectivity index (χ0) is 20.5. The topological polar surface area (TPSA) is 79.8 Å². The van der Waals surface area contributed by atoms with E-state index in [0.717, 1.165) is 16.8 Å². The number of rotatable bonds is 8. The Balaban J connectivity index is 1.81. The molecule has 2 aromatic carbocycles. The minimum Gasteiger partial charge on any atom is -0.483 e. The first-order chi connectivity index (χ1) is 13.3. The molecule has 2 amide bonds. The normalized spacial score (nSPS) is 11.2. The average Bonchev–Trinajstić information content (AvgIpc) is 2.66. The molecule has 2 rings (SSSR count). The van der Waals surface area contributed by atoms with E-state index in [0.29, 0.717) is 17.4 Å². The van der Waals surface area contributed by atoms with Crippen molar-refractivity contribution in [1.29, 1.82) is 0 Å². The Labute approximate surface area is 166 Å². The molecule has 0 unspecified atom stereocenters. The first-order valence-electron chi connectivity index (χ1n) is 9.25. The van der Waals surface area contributed by atoms with E-state index in [-0.39, 0.29) is 24.8 Å². The van der Waals surface area contributed by atoms with Gasteiger partial charge in [0.1, 0.15) is 5.75 Å². The number of amides is 2. The van der Waals surface area contributed by atoms with Crippen LogP contribution in [0.4, 0.5) is 5.69 Å². The SMILES string of the molecule is CC(CC(=O)Nc1ccccc1)=NNC(=O)COc1cc(C(C)C)ccc1C. The van der Waals surface area contributed by atoms with E-state index < -0.39 is 0 Å². The predicted octanol–water partition coefficient (Wildman–Crippen LogP) is 4.02. The summed E-state index contributed by atoms with van der Waals surface area (Å²) in [6.07, 6.45) is 0.0889. The summed E-state index contributed by atoms with van der Waals surface area (Å²) in [6.45, 7) is 7.68. The molecule has 6 nitrogen and oxygen atoms in total. The van der Waals surface area contributed by atoms with E-state index in [4.69, 9.17) is 4.74 Å². The van der Waals surface area contributed by atoms with Crippen LogP contribution in [0.15, 0.2) is 53.6 Å². The Morgan fingerprint density at radius 2 is 1.79 bits per heavy atom. The standard InChI is InChI=1S/C22H27N3O3/c1-15(2)18-11-10-16(3)20(13-18)28-14-22(27)25-24-17(4)12-21(26)23-19-8-6-5-7-9-19/h5-11,13,15H,12,14H2,1-4H3,(H,23,26)(H,25,27). The second kappa shape index (κ2) is 10.3. The summed E-state index contributed by atoms with van der Waals surface area (Å²) in [6, 6.07) is 15.2. The van der Waals surface area contributed by atoms with Crippen LogP contribution in [-0.4, -0.2) is 24.1 Å². The number of nitrogens with one attached hydrogen (secondary N) is 2. The van der Waals surface area contributed by atoms with Crippen LogP contribution in [0.1, 0.15) is 44.2 Å². The molecule has 0 aliphatic rings. The van der Waals surface area contributed by atoms with Crippen molar-refractivity contribution in [3.63, 3.8) is 0 Å². The molecule has 0 aliphatic heterocycles. The van der Waals surface area contributed by atoms with Crippen molar-refractivity contribution in [3.8, 4) is 5.75 Å². The second-order valence-corrected chi connectivity index (χ2v) is 6.94. The average molecular weight is 381 g/mol. The zero-order valence-corrected chi connectivity index (χ0v) is 16.8. The Hall–Kier alpha value is -3.15. The van der Waals surface area contributed by atoms with Gasteiger partial charge in [-0.05, 0) is 49.1 Å². The van der Waals surface area contributed by atoms with Gasteiger partial charge >= 0.3 is 0 Å². The molecule has 0 spiro atoms. The first-order valence-corrected chi connectivity index (χ1v) is 9.25. The fourth-order valence-corrected chi connectivity index (χ4v) is 2.46. The fourth-order valence-electron chi connectivity index (χ4n) is 2.46.